The van der Waals surface area contributed by atoms with E-state index in [-0.39, 0.29) is 0 Å². The van der Waals surface area contributed by atoms with Gasteiger partial charge in [0.25, 0.3) is 0 Å². The van der Waals surface area contributed by atoms with Gasteiger partial charge in [-0.15, -0.1) is 0 Å². The topological polar surface area (TPSA) is 57.1 Å². The van der Waals surface area contributed by atoms with Crippen LogP contribution in [0.25, 0.3) is 22.5 Å². The molecule has 0 aliphatic rings. The first kappa shape index (κ1) is 27.2. The van der Waals surface area contributed by atoms with E-state index in [1.807, 2.05) is 36.4 Å². The summed E-state index contributed by atoms with van der Waals surface area (Å²) in [6.07, 6.45) is 0. The van der Waals surface area contributed by atoms with Crippen molar-refractivity contribution >= 4 is 39.5 Å². The Morgan fingerprint density at radius 3 is 1.38 bits per heavy atom. The molecule has 1 heterocycles. The Morgan fingerprint density at radius 1 is 0.538 bits per heavy atom. The van der Waals surface area contributed by atoms with Crippen LogP contribution in [-0.2, 0) is 11.5 Å². The van der Waals surface area contributed by atoms with Crippen molar-refractivity contribution in [2.45, 2.75) is 21.8 Å². The van der Waals surface area contributed by atoms with Crippen LogP contribution < -0.4 is 9.47 Å². The standard InChI is InChI=1S/C31H26BrN3O2S2/c1-36-27-15-3-21(4-16-27)19-38-30-33-29(25-9-7-23(8-10-25)24-11-13-26(32)14-12-24)34-31(35-30)39-20-22-5-17-28(37-2)18-6-22/h3-18H,19-20H2,1-2H3. The summed E-state index contributed by atoms with van der Waals surface area (Å²) in [5, 5.41) is 1.40. The van der Waals surface area contributed by atoms with Gasteiger partial charge in [0.2, 0.25) is 0 Å². The van der Waals surface area contributed by atoms with E-state index in [1.54, 1.807) is 37.7 Å². The fourth-order valence-corrected chi connectivity index (χ4v) is 5.69. The van der Waals surface area contributed by atoms with Crippen molar-refractivity contribution in [3.05, 3.63) is 113 Å². The van der Waals surface area contributed by atoms with Crippen molar-refractivity contribution in [3.8, 4) is 34.0 Å². The number of methoxy groups -OCH3 is 2. The molecule has 5 rings (SSSR count). The van der Waals surface area contributed by atoms with Gasteiger partial charge >= 0.3 is 0 Å². The van der Waals surface area contributed by atoms with Crippen LogP contribution >= 0.6 is 39.5 Å². The first-order valence-corrected chi connectivity index (χ1v) is 15.0. The minimum Gasteiger partial charge on any atom is -0.497 e. The van der Waals surface area contributed by atoms with Gasteiger partial charge in [-0.2, -0.15) is 4.98 Å². The fraction of sp³-hybridized carbons (Fsp3) is 0.129. The zero-order valence-electron chi connectivity index (χ0n) is 21.5. The maximum absolute atomic E-state index is 5.28. The average molecular weight is 617 g/mol. The highest BCUT2D eigenvalue weighted by Gasteiger charge is 2.12. The second-order valence-electron chi connectivity index (χ2n) is 8.58. The van der Waals surface area contributed by atoms with E-state index < -0.39 is 0 Å². The minimum atomic E-state index is 0.668. The normalized spacial score (nSPS) is 10.8. The van der Waals surface area contributed by atoms with Gasteiger partial charge in [-0.1, -0.05) is 100 Å². The van der Waals surface area contributed by atoms with Crippen molar-refractivity contribution in [1.29, 1.82) is 0 Å². The van der Waals surface area contributed by atoms with Gasteiger partial charge in [0, 0.05) is 21.5 Å². The number of nitrogens with zero attached hydrogens (tertiary/aromatic N) is 3. The first-order chi connectivity index (χ1) is 19.1. The molecule has 0 bridgehead atoms. The lowest BCUT2D eigenvalue weighted by atomic mass is 10.0. The van der Waals surface area contributed by atoms with Crippen LogP contribution in [0.5, 0.6) is 11.5 Å². The number of thioether (sulfide) groups is 2. The number of rotatable bonds is 10. The third-order valence-corrected chi connectivity index (χ3v) is 8.33. The molecule has 0 aliphatic carbocycles. The number of benzene rings is 4. The summed E-state index contributed by atoms with van der Waals surface area (Å²) in [4.78, 5) is 14.4. The van der Waals surface area contributed by atoms with Gasteiger partial charge in [-0.3, -0.25) is 0 Å². The van der Waals surface area contributed by atoms with Crippen LogP contribution in [0.1, 0.15) is 11.1 Å². The molecule has 0 aliphatic heterocycles. The fourth-order valence-electron chi connectivity index (χ4n) is 3.79. The van der Waals surface area contributed by atoms with Gasteiger partial charge < -0.3 is 9.47 Å². The smallest absolute Gasteiger partial charge is 0.192 e. The molecule has 0 N–H and O–H groups in total. The maximum Gasteiger partial charge on any atom is 0.192 e. The number of halogens is 1. The summed E-state index contributed by atoms with van der Waals surface area (Å²) < 4.78 is 11.6. The quantitative estimate of drug-likeness (QED) is 0.146. The molecule has 39 heavy (non-hydrogen) atoms. The van der Waals surface area contributed by atoms with Crippen LogP contribution in [-0.4, -0.2) is 29.2 Å². The lowest BCUT2D eigenvalue weighted by molar-refractivity contribution is 0.414. The van der Waals surface area contributed by atoms with Gasteiger partial charge in [0.15, 0.2) is 16.1 Å². The SMILES string of the molecule is COc1ccc(CSc2nc(SCc3ccc(OC)cc3)nc(-c3ccc(-c4ccc(Br)cc4)cc3)n2)cc1. The molecule has 5 nitrogen and oxygen atoms in total. The first-order valence-electron chi connectivity index (χ1n) is 12.2. The maximum atomic E-state index is 5.28. The van der Waals surface area contributed by atoms with Crippen LogP contribution in [0.3, 0.4) is 0 Å². The Hall–Kier alpha value is -3.33. The lowest BCUT2D eigenvalue weighted by Gasteiger charge is -2.09. The van der Waals surface area contributed by atoms with Crippen LogP contribution in [0.2, 0.25) is 0 Å². The summed E-state index contributed by atoms with van der Waals surface area (Å²) in [5.41, 5.74) is 5.61. The summed E-state index contributed by atoms with van der Waals surface area (Å²) in [6.45, 7) is 0. The molecule has 5 aromatic rings. The van der Waals surface area contributed by atoms with E-state index in [2.05, 4.69) is 76.6 Å². The van der Waals surface area contributed by atoms with Crippen LogP contribution in [0, 0.1) is 0 Å². The van der Waals surface area contributed by atoms with Crippen LogP contribution in [0.15, 0.2) is 112 Å². The molecular formula is C31H26BrN3O2S2. The zero-order valence-corrected chi connectivity index (χ0v) is 24.7. The van der Waals surface area contributed by atoms with Gasteiger partial charge in [-0.05, 0) is 58.7 Å². The summed E-state index contributed by atoms with van der Waals surface area (Å²) in [7, 11) is 3.35. The average Bonchev–Trinajstić information content (AvgIpc) is 3.00. The molecule has 0 atom stereocenters. The Kier molecular flexibility index (Phi) is 9.19. The predicted molar refractivity (Wildman–Crippen MR) is 164 cm³/mol. The molecule has 0 spiro atoms. The highest BCUT2D eigenvalue weighted by molar-refractivity contribution is 9.10. The molecule has 0 fully saturated rings. The zero-order chi connectivity index (χ0) is 27.0. The van der Waals surface area contributed by atoms with E-state index in [9.17, 15) is 0 Å². The molecule has 0 unspecified atom stereocenters. The molecule has 1 aromatic heterocycles. The van der Waals surface area contributed by atoms with E-state index in [0.717, 1.165) is 44.2 Å². The molecule has 0 saturated heterocycles. The largest absolute Gasteiger partial charge is 0.497 e. The number of ether oxygens (including phenoxy) is 2. The molecule has 0 saturated carbocycles. The Labute approximate surface area is 245 Å². The molecule has 0 radical (unpaired) electrons. The number of hydrogen-bond acceptors (Lipinski definition) is 7. The van der Waals surface area contributed by atoms with Crippen molar-refractivity contribution < 1.29 is 9.47 Å². The van der Waals surface area contributed by atoms with Crippen molar-refractivity contribution in [3.63, 3.8) is 0 Å². The van der Waals surface area contributed by atoms with Gasteiger partial charge in [0.1, 0.15) is 11.5 Å². The van der Waals surface area contributed by atoms with Crippen LogP contribution in [0.4, 0.5) is 0 Å². The second-order valence-corrected chi connectivity index (χ2v) is 11.4. The van der Waals surface area contributed by atoms with Gasteiger partial charge in [0.05, 0.1) is 14.2 Å². The van der Waals surface area contributed by atoms with E-state index in [4.69, 9.17) is 24.4 Å². The van der Waals surface area contributed by atoms with E-state index in [0.29, 0.717) is 16.1 Å². The van der Waals surface area contributed by atoms with Crippen molar-refractivity contribution in [1.82, 2.24) is 15.0 Å². The highest BCUT2D eigenvalue weighted by atomic mass is 79.9. The van der Waals surface area contributed by atoms with Crippen molar-refractivity contribution in [2.75, 3.05) is 14.2 Å². The molecule has 0 amide bonds. The summed E-state index contributed by atoms with van der Waals surface area (Å²) in [6, 6.07) is 32.8. The monoisotopic (exact) mass is 615 g/mol. The van der Waals surface area contributed by atoms with Crippen molar-refractivity contribution in [2.24, 2.45) is 0 Å². The Balaban J connectivity index is 1.38. The predicted octanol–water partition coefficient (Wildman–Crippen LogP) is 8.57. The number of hydrogen-bond donors (Lipinski definition) is 0. The Bertz CT molecular complexity index is 1440. The Morgan fingerprint density at radius 2 is 0.949 bits per heavy atom. The molecule has 8 heteroatoms. The second kappa shape index (κ2) is 13.2. The number of aromatic nitrogens is 3. The van der Waals surface area contributed by atoms with Gasteiger partial charge in [-0.25, -0.2) is 9.97 Å². The molecular weight excluding hydrogens is 590 g/mol. The van der Waals surface area contributed by atoms with E-state index in [1.165, 1.54) is 11.1 Å². The third kappa shape index (κ3) is 7.41. The summed E-state index contributed by atoms with van der Waals surface area (Å²) >= 11 is 6.71. The van der Waals surface area contributed by atoms with E-state index >= 15 is 0 Å². The highest BCUT2D eigenvalue weighted by Crippen LogP contribution is 2.29. The minimum absolute atomic E-state index is 0.668. The molecule has 4 aromatic carbocycles. The molecule has 196 valence electrons. The third-order valence-electron chi connectivity index (χ3n) is 5.97. The lowest BCUT2D eigenvalue weighted by Crippen LogP contribution is -1.99. The summed E-state index contributed by atoms with van der Waals surface area (Å²) in [5.74, 6) is 3.85.